The van der Waals surface area contributed by atoms with Gasteiger partial charge in [0.25, 0.3) is 0 Å². The predicted octanol–water partition coefficient (Wildman–Crippen LogP) is 3.46. The van der Waals surface area contributed by atoms with Crippen LogP contribution in [-0.2, 0) is 16.6 Å². The number of carbonyl (C=O) groups is 1. The summed E-state index contributed by atoms with van der Waals surface area (Å²) in [7, 11) is 0.297. The highest BCUT2D eigenvalue weighted by Gasteiger charge is 2.11. The smallest absolute Gasteiger partial charge is 0.335 e. The summed E-state index contributed by atoms with van der Waals surface area (Å²) in [6, 6.07) is 11.6. The number of benzene rings is 2. The van der Waals surface area contributed by atoms with Crippen LogP contribution < -0.4 is 4.74 Å². The molecule has 0 radical (unpaired) electrons. The minimum absolute atomic E-state index is 0.177. The summed E-state index contributed by atoms with van der Waals surface area (Å²) < 4.78 is 18.5. The van der Waals surface area contributed by atoms with E-state index in [1.807, 2.05) is 18.2 Å². The van der Waals surface area contributed by atoms with E-state index < -0.39 is 16.8 Å². The molecule has 4 nitrogen and oxygen atoms in total. The number of halogens is 1. The summed E-state index contributed by atoms with van der Waals surface area (Å²) in [4.78, 5) is 11.4. The van der Waals surface area contributed by atoms with Crippen LogP contribution in [0.5, 0.6) is 5.75 Å². The average Bonchev–Trinajstić information content (AvgIpc) is 2.47. The fourth-order valence-electron chi connectivity index (χ4n) is 1.83. The van der Waals surface area contributed by atoms with Gasteiger partial charge in [0.15, 0.2) is 0 Å². The van der Waals surface area contributed by atoms with Crippen LogP contribution in [0.1, 0.15) is 15.9 Å². The summed E-state index contributed by atoms with van der Waals surface area (Å²) in [6.07, 6.45) is 0. The second-order valence-electron chi connectivity index (χ2n) is 4.28. The first-order valence-electron chi connectivity index (χ1n) is 6.05. The van der Waals surface area contributed by atoms with E-state index in [4.69, 9.17) is 9.84 Å². The van der Waals surface area contributed by atoms with Crippen LogP contribution in [0.2, 0.25) is 0 Å². The van der Waals surface area contributed by atoms with E-state index in [1.165, 1.54) is 12.1 Å². The van der Waals surface area contributed by atoms with Crippen molar-refractivity contribution in [2.75, 3.05) is 7.11 Å². The van der Waals surface area contributed by atoms with Crippen molar-refractivity contribution in [2.45, 2.75) is 10.6 Å². The van der Waals surface area contributed by atoms with Gasteiger partial charge in [0, 0.05) is 14.9 Å². The maximum atomic E-state index is 12.4. The molecule has 0 saturated carbocycles. The van der Waals surface area contributed by atoms with Crippen LogP contribution in [0.25, 0.3) is 0 Å². The molecule has 0 heterocycles. The van der Waals surface area contributed by atoms with Gasteiger partial charge < -0.3 is 9.84 Å². The lowest BCUT2D eigenvalue weighted by atomic mass is 10.2. The van der Waals surface area contributed by atoms with Crippen molar-refractivity contribution in [2.24, 2.45) is 0 Å². The molecule has 0 aliphatic heterocycles. The van der Waals surface area contributed by atoms with Crippen LogP contribution in [0.15, 0.2) is 51.8 Å². The molecule has 0 bridgehead atoms. The van der Waals surface area contributed by atoms with Crippen LogP contribution in [-0.4, -0.2) is 22.4 Å². The first-order chi connectivity index (χ1) is 10.0. The number of aromatic carboxylic acids is 1. The lowest BCUT2D eigenvalue weighted by Gasteiger charge is -2.09. The van der Waals surface area contributed by atoms with Crippen LogP contribution >= 0.6 is 15.9 Å². The lowest BCUT2D eigenvalue weighted by molar-refractivity contribution is 0.0697. The Labute approximate surface area is 133 Å². The molecule has 6 heteroatoms. The lowest BCUT2D eigenvalue weighted by Crippen LogP contribution is -2.01. The number of carboxylic acids is 1. The Bertz CT molecular complexity index is 683. The fraction of sp³-hybridized carbons (Fsp3) is 0.133. The fourth-order valence-corrected chi connectivity index (χ4v) is 3.36. The normalized spacial score (nSPS) is 11.9. The highest BCUT2D eigenvalue weighted by molar-refractivity contribution is 9.10. The minimum Gasteiger partial charge on any atom is -0.496 e. The Hall–Kier alpha value is -1.66. The molecule has 2 aromatic rings. The standard InChI is InChI=1S/C15H13BrO4S/c1-20-14-7-4-12(16)8-11(14)9-21(19)13-5-2-10(3-6-13)15(17)18/h2-8H,9H2,1H3,(H,17,18). The van der Waals surface area contributed by atoms with E-state index in [1.54, 1.807) is 19.2 Å². The highest BCUT2D eigenvalue weighted by atomic mass is 79.9. The summed E-state index contributed by atoms with van der Waals surface area (Å²) >= 11 is 3.38. The Morgan fingerprint density at radius 3 is 2.48 bits per heavy atom. The molecule has 21 heavy (non-hydrogen) atoms. The van der Waals surface area contributed by atoms with Crippen LogP contribution in [0, 0.1) is 0 Å². The zero-order valence-corrected chi connectivity index (χ0v) is 13.6. The first-order valence-corrected chi connectivity index (χ1v) is 8.16. The van der Waals surface area contributed by atoms with Gasteiger partial charge in [-0.1, -0.05) is 15.9 Å². The second-order valence-corrected chi connectivity index (χ2v) is 6.64. The molecule has 0 fully saturated rings. The average molecular weight is 369 g/mol. The number of methoxy groups -OCH3 is 1. The van der Waals surface area contributed by atoms with Gasteiger partial charge in [-0.25, -0.2) is 4.79 Å². The predicted molar refractivity (Wildman–Crippen MR) is 84.2 cm³/mol. The minimum atomic E-state index is -1.27. The Kier molecular flexibility index (Phi) is 5.14. The molecule has 0 aliphatic carbocycles. The highest BCUT2D eigenvalue weighted by Crippen LogP contribution is 2.25. The zero-order valence-electron chi connectivity index (χ0n) is 11.2. The molecular formula is C15H13BrO4S. The molecule has 2 rings (SSSR count). The third-order valence-electron chi connectivity index (χ3n) is 2.89. The molecule has 0 aromatic heterocycles. The molecule has 0 saturated heterocycles. The monoisotopic (exact) mass is 368 g/mol. The van der Waals surface area contributed by atoms with E-state index in [0.29, 0.717) is 16.4 Å². The second kappa shape index (κ2) is 6.87. The van der Waals surface area contributed by atoms with Gasteiger partial charge in [-0.3, -0.25) is 4.21 Å². The van der Waals surface area contributed by atoms with Crippen molar-refractivity contribution in [1.29, 1.82) is 0 Å². The van der Waals surface area contributed by atoms with Gasteiger partial charge in [0.2, 0.25) is 0 Å². The van der Waals surface area contributed by atoms with Gasteiger partial charge in [0.05, 0.1) is 29.2 Å². The Morgan fingerprint density at radius 2 is 1.90 bits per heavy atom. The maximum Gasteiger partial charge on any atom is 0.335 e. The molecule has 0 amide bonds. The number of hydrogen-bond donors (Lipinski definition) is 1. The first kappa shape index (κ1) is 15.7. The van der Waals surface area contributed by atoms with Crippen molar-refractivity contribution in [3.63, 3.8) is 0 Å². The van der Waals surface area contributed by atoms with Gasteiger partial charge in [-0.2, -0.15) is 0 Å². The van der Waals surface area contributed by atoms with Crippen LogP contribution in [0.4, 0.5) is 0 Å². The SMILES string of the molecule is COc1ccc(Br)cc1CS(=O)c1ccc(C(=O)O)cc1. The van der Waals surface area contributed by atoms with Gasteiger partial charge in [-0.05, 0) is 42.5 Å². The van der Waals surface area contributed by atoms with Crippen molar-refractivity contribution in [3.05, 3.63) is 58.1 Å². The molecule has 110 valence electrons. The van der Waals surface area contributed by atoms with Gasteiger partial charge in [-0.15, -0.1) is 0 Å². The Balaban J connectivity index is 2.21. The molecule has 1 unspecified atom stereocenters. The van der Waals surface area contributed by atoms with Crippen molar-refractivity contribution in [1.82, 2.24) is 0 Å². The van der Waals surface area contributed by atoms with Crippen LogP contribution in [0.3, 0.4) is 0 Å². The molecule has 0 aliphatic rings. The number of rotatable bonds is 5. The number of hydrogen-bond acceptors (Lipinski definition) is 3. The molecular weight excluding hydrogens is 356 g/mol. The van der Waals surface area contributed by atoms with Gasteiger partial charge >= 0.3 is 5.97 Å². The summed E-state index contributed by atoms with van der Waals surface area (Å²) in [5.74, 6) is -0.0237. The summed E-state index contributed by atoms with van der Waals surface area (Å²) in [5, 5.41) is 8.85. The number of ether oxygens (including phenoxy) is 1. The van der Waals surface area contributed by atoms with E-state index in [-0.39, 0.29) is 5.56 Å². The van der Waals surface area contributed by atoms with Crippen molar-refractivity contribution >= 4 is 32.7 Å². The van der Waals surface area contributed by atoms with E-state index in [2.05, 4.69) is 15.9 Å². The molecule has 1 N–H and O–H groups in total. The van der Waals surface area contributed by atoms with E-state index >= 15 is 0 Å². The number of carboxylic acid groups (broad SMARTS) is 1. The third kappa shape index (κ3) is 3.92. The largest absolute Gasteiger partial charge is 0.496 e. The maximum absolute atomic E-state index is 12.4. The van der Waals surface area contributed by atoms with Crippen molar-refractivity contribution < 1.29 is 18.8 Å². The van der Waals surface area contributed by atoms with E-state index in [0.717, 1.165) is 10.0 Å². The topological polar surface area (TPSA) is 63.6 Å². The molecule has 2 aromatic carbocycles. The van der Waals surface area contributed by atoms with Gasteiger partial charge in [0.1, 0.15) is 5.75 Å². The quantitative estimate of drug-likeness (QED) is 0.877. The summed E-state index contributed by atoms with van der Waals surface area (Å²) in [6.45, 7) is 0. The molecule has 1 atom stereocenters. The Morgan fingerprint density at radius 1 is 1.24 bits per heavy atom. The molecule has 0 spiro atoms. The zero-order chi connectivity index (χ0) is 15.4. The van der Waals surface area contributed by atoms with E-state index in [9.17, 15) is 9.00 Å². The third-order valence-corrected chi connectivity index (χ3v) is 4.76. The van der Waals surface area contributed by atoms with Crippen molar-refractivity contribution in [3.8, 4) is 5.75 Å². The summed E-state index contributed by atoms with van der Waals surface area (Å²) in [5.41, 5.74) is 1.00.